The van der Waals surface area contributed by atoms with Gasteiger partial charge in [-0.1, -0.05) is 30.3 Å². The highest BCUT2D eigenvalue weighted by atomic mass is 16.6. The number of anilines is 1. The van der Waals surface area contributed by atoms with Crippen molar-refractivity contribution < 1.29 is 14.3 Å². The SMILES string of the molecule is O=C1N(c2ccccc2)CCN1[C@H]1CCCN(C[C@H]2COc3ccccc3O2)C1. The Hall–Kier alpha value is -2.73. The molecule has 3 aliphatic rings. The van der Waals surface area contributed by atoms with Crippen molar-refractivity contribution in [2.45, 2.75) is 25.0 Å². The van der Waals surface area contributed by atoms with Gasteiger partial charge in [0.15, 0.2) is 11.5 Å². The summed E-state index contributed by atoms with van der Waals surface area (Å²) < 4.78 is 12.0. The van der Waals surface area contributed by atoms with E-state index in [9.17, 15) is 4.79 Å². The Bertz CT molecular complexity index is 859. The van der Waals surface area contributed by atoms with Crippen molar-refractivity contribution in [3.05, 3.63) is 54.6 Å². The van der Waals surface area contributed by atoms with Crippen molar-refractivity contribution in [2.24, 2.45) is 0 Å². The van der Waals surface area contributed by atoms with Crippen LogP contribution < -0.4 is 14.4 Å². The van der Waals surface area contributed by atoms with Gasteiger partial charge in [0.25, 0.3) is 0 Å². The summed E-state index contributed by atoms with van der Waals surface area (Å²) in [5.74, 6) is 1.65. The molecule has 0 N–H and O–H groups in total. The Balaban J connectivity index is 1.20. The number of benzene rings is 2. The van der Waals surface area contributed by atoms with E-state index in [-0.39, 0.29) is 18.2 Å². The Morgan fingerprint density at radius 3 is 2.59 bits per heavy atom. The third-order valence-electron chi connectivity index (χ3n) is 6.06. The molecule has 2 saturated heterocycles. The number of amides is 2. The molecule has 3 heterocycles. The highest BCUT2D eigenvalue weighted by Crippen LogP contribution is 2.31. The van der Waals surface area contributed by atoms with Crippen molar-refractivity contribution in [3.8, 4) is 11.5 Å². The molecule has 152 valence electrons. The van der Waals surface area contributed by atoms with Gasteiger partial charge in [-0.2, -0.15) is 0 Å². The maximum Gasteiger partial charge on any atom is 0.324 e. The minimum Gasteiger partial charge on any atom is -0.486 e. The summed E-state index contributed by atoms with van der Waals surface area (Å²) in [7, 11) is 0. The summed E-state index contributed by atoms with van der Waals surface area (Å²) in [6, 6.07) is 18.2. The monoisotopic (exact) mass is 393 g/mol. The third-order valence-corrected chi connectivity index (χ3v) is 6.06. The average Bonchev–Trinajstić information content (AvgIpc) is 3.16. The maximum absolute atomic E-state index is 13.0. The molecule has 29 heavy (non-hydrogen) atoms. The van der Waals surface area contributed by atoms with Crippen molar-refractivity contribution in [2.75, 3.05) is 44.2 Å². The summed E-state index contributed by atoms with van der Waals surface area (Å²) in [5.41, 5.74) is 0.985. The van der Waals surface area contributed by atoms with Crippen LogP contribution in [0.2, 0.25) is 0 Å². The predicted molar refractivity (Wildman–Crippen MR) is 112 cm³/mol. The molecule has 2 aromatic carbocycles. The molecule has 3 aliphatic heterocycles. The van der Waals surface area contributed by atoms with E-state index in [1.807, 2.05) is 59.5 Å². The van der Waals surface area contributed by atoms with Crippen LogP contribution in [0.4, 0.5) is 10.5 Å². The van der Waals surface area contributed by atoms with Crippen LogP contribution in [0.5, 0.6) is 11.5 Å². The summed E-state index contributed by atoms with van der Waals surface area (Å²) in [5, 5.41) is 0. The number of hydrogen-bond acceptors (Lipinski definition) is 4. The van der Waals surface area contributed by atoms with Gasteiger partial charge in [-0.15, -0.1) is 0 Å². The predicted octanol–water partition coefficient (Wildman–Crippen LogP) is 3.23. The summed E-state index contributed by atoms with van der Waals surface area (Å²) in [6.07, 6.45) is 2.19. The van der Waals surface area contributed by atoms with Crippen molar-refractivity contribution >= 4 is 11.7 Å². The number of nitrogens with zero attached hydrogens (tertiary/aromatic N) is 3. The number of hydrogen-bond donors (Lipinski definition) is 0. The van der Waals surface area contributed by atoms with Gasteiger partial charge in [-0.05, 0) is 43.7 Å². The van der Waals surface area contributed by atoms with E-state index in [0.29, 0.717) is 6.61 Å². The molecule has 0 bridgehead atoms. The zero-order valence-electron chi connectivity index (χ0n) is 16.6. The maximum atomic E-state index is 13.0. The zero-order valence-corrected chi connectivity index (χ0v) is 16.6. The summed E-state index contributed by atoms with van der Waals surface area (Å²) in [6.45, 7) is 4.90. The number of likely N-dealkylation sites (tertiary alicyclic amines) is 1. The molecule has 5 rings (SSSR count). The first-order valence-corrected chi connectivity index (χ1v) is 10.5. The van der Waals surface area contributed by atoms with Crippen LogP contribution in [-0.4, -0.2) is 67.3 Å². The average molecular weight is 393 g/mol. The Kier molecular flexibility index (Phi) is 5.02. The van der Waals surface area contributed by atoms with Crippen molar-refractivity contribution in [1.82, 2.24) is 9.80 Å². The topological polar surface area (TPSA) is 45.3 Å². The zero-order chi connectivity index (χ0) is 19.6. The Morgan fingerprint density at radius 1 is 0.931 bits per heavy atom. The van der Waals surface area contributed by atoms with E-state index in [1.54, 1.807) is 0 Å². The van der Waals surface area contributed by atoms with Crippen LogP contribution in [0.1, 0.15) is 12.8 Å². The van der Waals surface area contributed by atoms with Crippen LogP contribution in [0.15, 0.2) is 54.6 Å². The van der Waals surface area contributed by atoms with Crippen LogP contribution in [0.3, 0.4) is 0 Å². The molecular weight excluding hydrogens is 366 g/mol. The van der Waals surface area contributed by atoms with Crippen LogP contribution in [0, 0.1) is 0 Å². The number of carbonyl (C=O) groups is 1. The van der Waals surface area contributed by atoms with E-state index in [2.05, 4.69) is 9.80 Å². The smallest absolute Gasteiger partial charge is 0.324 e. The first-order valence-electron chi connectivity index (χ1n) is 10.5. The first kappa shape index (κ1) is 18.3. The molecule has 0 spiro atoms. The highest BCUT2D eigenvalue weighted by Gasteiger charge is 2.37. The molecule has 0 saturated carbocycles. The molecule has 0 aliphatic carbocycles. The van der Waals surface area contributed by atoms with Gasteiger partial charge in [-0.3, -0.25) is 9.80 Å². The fourth-order valence-electron chi connectivity index (χ4n) is 4.63. The molecule has 6 heteroatoms. The lowest BCUT2D eigenvalue weighted by Gasteiger charge is -2.39. The minimum atomic E-state index is 0.0266. The van der Waals surface area contributed by atoms with Gasteiger partial charge >= 0.3 is 6.03 Å². The van der Waals surface area contributed by atoms with Gasteiger partial charge in [-0.25, -0.2) is 4.79 Å². The second kappa shape index (κ2) is 7.95. The molecule has 2 atom stereocenters. The molecular formula is C23H27N3O3. The quantitative estimate of drug-likeness (QED) is 0.800. The van der Waals surface area contributed by atoms with Gasteiger partial charge in [0.2, 0.25) is 0 Å². The Labute approximate surface area is 171 Å². The lowest BCUT2D eigenvalue weighted by molar-refractivity contribution is 0.0405. The normalized spacial score (nSPS) is 24.8. The molecule has 2 fully saturated rings. The minimum absolute atomic E-state index is 0.0266. The summed E-state index contributed by atoms with van der Waals surface area (Å²) in [4.78, 5) is 19.4. The van der Waals surface area contributed by atoms with Gasteiger partial charge in [0.1, 0.15) is 12.7 Å². The Morgan fingerprint density at radius 2 is 1.72 bits per heavy atom. The molecule has 0 unspecified atom stereocenters. The number of ether oxygens (including phenoxy) is 2. The number of piperidine rings is 1. The standard InChI is InChI=1S/C23H27N3O3/c27-23-25(18-7-2-1-3-8-18)13-14-26(23)19-9-6-12-24(15-19)16-20-17-28-21-10-4-5-11-22(21)29-20/h1-5,7-8,10-11,19-20H,6,9,12-17H2/t19-,20-/m0/s1. The lowest BCUT2D eigenvalue weighted by Crippen LogP contribution is -2.52. The van der Waals surface area contributed by atoms with E-state index >= 15 is 0 Å². The van der Waals surface area contributed by atoms with Gasteiger partial charge in [0.05, 0.1) is 0 Å². The fourth-order valence-corrected chi connectivity index (χ4v) is 4.63. The van der Waals surface area contributed by atoms with Crippen molar-refractivity contribution in [3.63, 3.8) is 0 Å². The second-order valence-electron chi connectivity index (χ2n) is 8.02. The van der Waals surface area contributed by atoms with Gasteiger partial charge in [0, 0.05) is 37.9 Å². The van der Waals surface area contributed by atoms with Crippen molar-refractivity contribution in [1.29, 1.82) is 0 Å². The third kappa shape index (κ3) is 3.77. The fraction of sp³-hybridized carbons (Fsp3) is 0.435. The lowest BCUT2D eigenvalue weighted by atomic mass is 10.0. The number of fused-ring (bicyclic) bond motifs is 1. The number of carbonyl (C=O) groups excluding carboxylic acids is 1. The molecule has 2 amide bonds. The highest BCUT2D eigenvalue weighted by molar-refractivity contribution is 5.94. The second-order valence-corrected chi connectivity index (χ2v) is 8.02. The van der Waals surface area contributed by atoms with Gasteiger partial charge < -0.3 is 14.4 Å². The number of para-hydroxylation sites is 3. The van der Waals surface area contributed by atoms with E-state index in [4.69, 9.17) is 9.47 Å². The van der Waals surface area contributed by atoms with E-state index in [0.717, 1.165) is 62.8 Å². The number of rotatable bonds is 4. The molecule has 6 nitrogen and oxygen atoms in total. The molecule has 0 aromatic heterocycles. The summed E-state index contributed by atoms with van der Waals surface area (Å²) >= 11 is 0. The first-order chi connectivity index (χ1) is 14.3. The van der Waals surface area contributed by atoms with Crippen LogP contribution in [0.25, 0.3) is 0 Å². The number of urea groups is 1. The van der Waals surface area contributed by atoms with E-state index in [1.165, 1.54) is 0 Å². The molecule has 0 radical (unpaired) electrons. The van der Waals surface area contributed by atoms with E-state index < -0.39 is 0 Å². The molecule has 2 aromatic rings. The van der Waals surface area contributed by atoms with Crippen LogP contribution >= 0.6 is 0 Å². The largest absolute Gasteiger partial charge is 0.486 e. The van der Waals surface area contributed by atoms with Crippen LogP contribution in [-0.2, 0) is 0 Å².